The Morgan fingerprint density at radius 3 is 2.29 bits per heavy atom. The number of amides is 2. The molecular weight excluding hydrogens is 472 g/mol. The minimum absolute atomic E-state index is 0.157. The van der Waals surface area contributed by atoms with E-state index in [2.05, 4.69) is 10.6 Å². The van der Waals surface area contributed by atoms with E-state index in [1.165, 1.54) is 43.0 Å². The third-order valence-corrected chi connectivity index (χ3v) is 5.07. The summed E-state index contributed by atoms with van der Waals surface area (Å²) in [4.78, 5) is 26.4. The smallest absolute Gasteiger partial charge is 0.350 e. The van der Waals surface area contributed by atoms with Crippen LogP contribution in [0.2, 0.25) is 0 Å². The van der Waals surface area contributed by atoms with Gasteiger partial charge in [-0.1, -0.05) is 12.2 Å². The molecule has 2 amide bonds. The van der Waals surface area contributed by atoms with Crippen LogP contribution in [0.25, 0.3) is 0 Å². The lowest BCUT2D eigenvalue weighted by molar-refractivity contribution is -0.137. The van der Waals surface area contributed by atoms with Gasteiger partial charge in [-0.05, 0) is 64.1 Å². The van der Waals surface area contributed by atoms with E-state index in [-0.39, 0.29) is 23.0 Å². The molecule has 0 fully saturated rings. The minimum Gasteiger partial charge on any atom is -0.350 e. The topological polar surface area (TPSA) is 85.2 Å². The van der Waals surface area contributed by atoms with Crippen molar-refractivity contribution in [2.45, 2.75) is 45.5 Å². The number of nitriles is 1. The molecule has 0 aliphatic heterocycles. The Labute approximate surface area is 199 Å². The predicted octanol–water partition coefficient (Wildman–Crippen LogP) is 5.04. The molecule has 0 bridgehead atoms. The Kier molecular flexibility index (Phi) is 8.00. The number of hydrogen-bond acceptors (Lipinski definition) is 4. The summed E-state index contributed by atoms with van der Waals surface area (Å²) < 4.78 is 54.3. The van der Waals surface area contributed by atoms with Gasteiger partial charge in [0.05, 0.1) is 28.3 Å². The maximum Gasteiger partial charge on any atom is 0.417 e. The van der Waals surface area contributed by atoms with Crippen molar-refractivity contribution in [3.8, 4) is 6.07 Å². The molecule has 0 saturated carbocycles. The third-order valence-electron chi connectivity index (χ3n) is 4.86. The quantitative estimate of drug-likeness (QED) is 0.416. The molecule has 0 spiro atoms. The van der Waals surface area contributed by atoms with E-state index < -0.39 is 40.5 Å². The van der Waals surface area contributed by atoms with Crippen LogP contribution in [0.5, 0.6) is 0 Å². The highest BCUT2D eigenvalue weighted by Crippen LogP contribution is 2.34. The SMILES string of the molecule is CC(C)NC(=O)c1ccc(N(C=S)C(C)(C)C(=O)Nc2ccc(C#N)c(C(F)(F)F)c2)cc1F. The Balaban J connectivity index is 2.34. The van der Waals surface area contributed by atoms with Crippen LogP contribution in [0.15, 0.2) is 36.4 Å². The van der Waals surface area contributed by atoms with E-state index in [4.69, 9.17) is 17.5 Å². The summed E-state index contributed by atoms with van der Waals surface area (Å²) in [7, 11) is 0. The van der Waals surface area contributed by atoms with Crippen LogP contribution in [0.1, 0.15) is 49.2 Å². The summed E-state index contributed by atoms with van der Waals surface area (Å²) in [6, 6.07) is 7.74. The Morgan fingerprint density at radius 2 is 1.79 bits per heavy atom. The van der Waals surface area contributed by atoms with Gasteiger partial charge in [-0.2, -0.15) is 18.4 Å². The Morgan fingerprint density at radius 1 is 1.15 bits per heavy atom. The van der Waals surface area contributed by atoms with Crippen LogP contribution < -0.4 is 15.5 Å². The van der Waals surface area contributed by atoms with Crippen LogP contribution >= 0.6 is 12.2 Å². The van der Waals surface area contributed by atoms with E-state index in [1.54, 1.807) is 13.8 Å². The molecule has 180 valence electrons. The lowest BCUT2D eigenvalue weighted by atomic mass is 10.00. The van der Waals surface area contributed by atoms with E-state index in [9.17, 15) is 27.2 Å². The van der Waals surface area contributed by atoms with Crippen molar-refractivity contribution in [1.29, 1.82) is 5.26 Å². The van der Waals surface area contributed by atoms with Crippen molar-refractivity contribution < 1.29 is 27.2 Å². The van der Waals surface area contributed by atoms with Gasteiger partial charge < -0.3 is 15.5 Å². The van der Waals surface area contributed by atoms with E-state index >= 15 is 0 Å². The summed E-state index contributed by atoms with van der Waals surface area (Å²) in [5.74, 6) is -2.18. The van der Waals surface area contributed by atoms with Gasteiger partial charge in [-0.25, -0.2) is 4.39 Å². The third kappa shape index (κ3) is 5.88. The molecule has 34 heavy (non-hydrogen) atoms. The molecule has 0 aliphatic rings. The van der Waals surface area contributed by atoms with Crippen LogP contribution in [0.4, 0.5) is 28.9 Å². The number of nitrogens with zero attached hydrogens (tertiary/aromatic N) is 2. The number of carbonyl (C=O) groups excluding carboxylic acids is 2. The zero-order valence-corrected chi connectivity index (χ0v) is 19.6. The monoisotopic (exact) mass is 494 g/mol. The summed E-state index contributed by atoms with van der Waals surface area (Å²) >= 11 is 5.01. The molecule has 2 aromatic carbocycles. The molecule has 0 aliphatic carbocycles. The molecule has 0 radical (unpaired) electrons. The first kappa shape index (κ1) is 26.7. The number of anilines is 2. The maximum atomic E-state index is 14.6. The van der Waals surface area contributed by atoms with Gasteiger partial charge in [0, 0.05) is 17.4 Å². The number of benzene rings is 2. The molecule has 2 aromatic rings. The Bertz CT molecular complexity index is 1160. The molecule has 0 atom stereocenters. The van der Waals surface area contributed by atoms with Gasteiger partial charge in [-0.3, -0.25) is 9.59 Å². The van der Waals surface area contributed by atoms with Gasteiger partial charge >= 0.3 is 6.18 Å². The van der Waals surface area contributed by atoms with Gasteiger partial charge in [-0.15, -0.1) is 0 Å². The highest BCUT2D eigenvalue weighted by atomic mass is 32.1. The first-order chi connectivity index (χ1) is 15.7. The fraction of sp³-hybridized carbons (Fsp3) is 0.304. The molecule has 0 heterocycles. The number of alkyl halides is 3. The number of halogens is 4. The fourth-order valence-corrected chi connectivity index (χ4v) is 3.43. The molecular formula is C23H22F4N4O2S. The minimum atomic E-state index is -4.79. The van der Waals surface area contributed by atoms with Crippen molar-refractivity contribution in [2.75, 3.05) is 10.2 Å². The summed E-state index contributed by atoms with van der Waals surface area (Å²) in [5.41, 5.74) is -2.35. The number of nitrogens with one attached hydrogen (secondary N) is 2. The van der Waals surface area contributed by atoms with E-state index in [0.29, 0.717) is 6.07 Å². The van der Waals surface area contributed by atoms with Gasteiger partial charge in [0.25, 0.3) is 5.91 Å². The number of hydrogen-bond donors (Lipinski definition) is 2. The van der Waals surface area contributed by atoms with E-state index in [0.717, 1.165) is 17.6 Å². The number of thiocarbonyl (C=S) groups is 1. The van der Waals surface area contributed by atoms with E-state index in [1.807, 2.05) is 0 Å². The standard InChI is InChI=1S/C23H22F4N4O2S/c1-13(2)29-20(32)17-8-7-16(10-19(17)24)31(12-34)22(3,4)21(33)30-15-6-5-14(11-28)18(9-15)23(25,26)27/h5-10,12-13H,1-4H3,(H,29,32)(H,30,33). The lowest BCUT2D eigenvalue weighted by Crippen LogP contribution is -2.52. The number of carbonyl (C=O) groups is 2. The Hall–Kier alpha value is -3.52. The van der Waals surface area contributed by atoms with Gasteiger partial charge in [0.15, 0.2) is 0 Å². The average molecular weight is 495 g/mol. The van der Waals surface area contributed by atoms with Gasteiger partial charge in [0.1, 0.15) is 11.4 Å². The second-order valence-corrected chi connectivity index (χ2v) is 8.36. The second-order valence-electron chi connectivity index (χ2n) is 8.15. The highest BCUT2D eigenvalue weighted by molar-refractivity contribution is 7.79. The molecule has 0 unspecified atom stereocenters. The van der Waals surface area contributed by atoms with Crippen LogP contribution in [0.3, 0.4) is 0 Å². The van der Waals surface area contributed by atoms with Crippen LogP contribution in [0, 0.1) is 17.1 Å². The van der Waals surface area contributed by atoms with Crippen molar-refractivity contribution >= 4 is 40.9 Å². The van der Waals surface area contributed by atoms with Crippen molar-refractivity contribution in [2.24, 2.45) is 0 Å². The van der Waals surface area contributed by atoms with Crippen LogP contribution in [-0.2, 0) is 11.0 Å². The molecule has 6 nitrogen and oxygen atoms in total. The summed E-state index contributed by atoms with van der Waals surface area (Å²) in [5, 5.41) is 13.9. The molecule has 0 saturated heterocycles. The molecule has 0 aromatic heterocycles. The highest BCUT2D eigenvalue weighted by Gasteiger charge is 2.37. The normalized spacial score (nSPS) is 11.5. The fourth-order valence-electron chi connectivity index (χ4n) is 3.04. The van der Waals surface area contributed by atoms with Crippen molar-refractivity contribution in [1.82, 2.24) is 5.32 Å². The second kappa shape index (κ2) is 10.2. The van der Waals surface area contributed by atoms with Gasteiger partial charge in [0.2, 0.25) is 5.91 Å². The zero-order chi connectivity index (χ0) is 25.8. The van der Waals surface area contributed by atoms with Crippen molar-refractivity contribution in [3.05, 3.63) is 58.9 Å². The summed E-state index contributed by atoms with van der Waals surface area (Å²) in [6.45, 7) is 6.34. The summed E-state index contributed by atoms with van der Waals surface area (Å²) in [6.07, 6.45) is -4.79. The first-order valence-electron chi connectivity index (χ1n) is 10.00. The maximum absolute atomic E-state index is 14.6. The molecule has 11 heteroatoms. The average Bonchev–Trinajstić information content (AvgIpc) is 2.72. The lowest BCUT2D eigenvalue weighted by Gasteiger charge is -2.35. The van der Waals surface area contributed by atoms with Crippen molar-refractivity contribution in [3.63, 3.8) is 0 Å². The van der Waals surface area contributed by atoms with Crippen LogP contribution in [-0.4, -0.2) is 28.9 Å². The molecule has 2 rings (SSSR count). The largest absolute Gasteiger partial charge is 0.417 e. The first-order valence-corrected chi connectivity index (χ1v) is 10.5. The predicted molar refractivity (Wildman–Crippen MR) is 124 cm³/mol. The zero-order valence-electron chi connectivity index (χ0n) is 18.7. The number of rotatable bonds is 7. The molecule has 2 N–H and O–H groups in total.